The lowest BCUT2D eigenvalue weighted by Crippen LogP contribution is -2.39. The fraction of sp³-hybridized carbons (Fsp3) is 1.00. The maximum Gasteiger partial charge on any atom is 0.0336 e. The number of halogens is 1. The summed E-state index contributed by atoms with van der Waals surface area (Å²) in [4.78, 5) is 2.34. The van der Waals surface area contributed by atoms with E-state index in [4.69, 9.17) is 11.6 Å². The molecule has 0 aliphatic rings. The molecule has 0 saturated heterocycles. The van der Waals surface area contributed by atoms with E-state index in [1.54, 1.807) is 0 Å². The molecule has 2 heteroatoms. The molecule has 0 radical (unpaired) electrons. The van der Waals surface area contributed by atoms with Gasteiger partial charge in [-0.1, -0.05) is 27.7 Å². The lowest BCUT2D eigenvalue weighted by atomic mass is 9.78. The fourth-order valence-electron chi connectivity index (χ4n) is 2.45. The van der Waals surface area contributed by atoms with E-state index in [2.05, 4.69) is 53.6 Å². The Bertz CT molecular complexity index is 168. The molecule has 0 fully saturated rings. The molecular weight excluding hydrogens is 206 g/mol. The van der Waals surface area contributed by atoms with Crippen LogP contribution in [-0.2, 0) is 0 Å². The molecule has 0 heterocycles. The van der Waals surface area contributed by atoms with Gasteiger partial charge in [0.05, 0.1) is 0 Å². The molecule has 0 aromatic carbocycles. The average Bonchev–Trinajstić information content (AvgIpc) is 2.15. The Kier molecular flexibility index (Phi) is 6.86. The van der Waals surface area contributed by atoms with E-state index in [0.717, 1.165) is 0 Å². The first-order valence-electron chi connectivity index (χ1n) is 6.13. The molecule has 0 amide bonds. The Morgan fingerprint density at radius 2 is 1.40 bits per heavy atom. The smallest absolute Gasteiger partial charge is 0.0336 e. The Hall–Kier alpha value is 0.250. The zero-order chi connectivity index (χ0) is 12.2. The summed E-state index contributed by atoms with van der Waals surface area (Å²) in [6.45, 7) is 11.3. The van der Waals surface area contributed by atoms with Crippen LogP contribution in [0.2, 0.25) is 0 Å². The van der Waals surface area contributed by atoms with Crippen LogP contribution in [0, 0.1) is 17.8 Å². The van der Waals surface area contributed by atoms with Crippen molar-refractivity contribution in [3.63, 3.8) is 0 Å². The molecule has 0 saturated carbocycles. The van der Waals surface area contributed by atoms with Crippen molar-refractivity contribution in [2.45, 2.75) is 52.5 Å². The summed E-state index contributed by atoms with van der Waals surface area (Å²) in [5.41, 5.74) is 0. The van der Waals surface area contributed by atoms with E-state index in [0.29, 0.717) is 23.8 Å². The molecule has 15 heavy (non-hydrogen) atoms. The molecule has 5 atom stereocenters. The summed E-state index contributed by atoms with van der Waals surface area (Å²) < 4.78 is 0. The molecular formula is C13H28ClN. The van der Waals surface area contributed by atoms with Gasteiger partial charge in [0.2, 0.25) is 0 Å². The summed E-state index contributed by atoms with van der Waals surface area (Å²) >= 11 is 6.18. The second kappa shape index (κ2) is 6.75. The summed E-state index contributed by atoms with van der Waals surface area (Å²) in [7, 11) is 4.35. The van der Waals surface area contributed by atoms with Gasteiger partial charge >= 0.3 is 0 Å². The van der Waals surface area contributed by atoms with E-state index in [1.807, 2.05) is 0 Å². The van der Waals surface area contributed by atoms with Gasteiger partial charge in [0.1, 0.15) is 0 Å². The fourth-order valence-corrected chi connectivity index (χ4v) is 2.68. The first-order valence-corrected chi connectivity index (χ1v) is 6.57. The van der Waals surface area contributed by atoms with Crippen LogP contribution in [0.1, 0.15) is 41.0 Å². The average molecular weight is 234 g/mol. The van der Waals surface area contributed by atoms with Gasteiger partial charge in [-0.15, -0.1) is 11.6 Å². The molecule has 0 aromatic heterocycles. The van der Waals surface area contributed by atoms with E-state index in [-0.39, 0.29) is 5.38 Å². The van der Waals surface area contributed by atoms with Crippen molar-refractivity contribution >= 4 is 11.6 Å². The van der Waals surface area contributed by atoms with E-state index in [1.165, 1.54) is 6.42 Å². The predicted octanol–water partition coefficient (Wildman–Crippen LogP) is 3.86. The highest BCUT2D eigenvalue weighted by Gasteiger charge is 2.28. The predicted molar refractivity (Wildman–Crippen MR) is 70.6 cm³/mol. The van der Waals surface area contributed by atoms with Crippen LogP contribution in [0.4, 0.5) is 0 Å². The zero-order valence-corrected chi connectivity index (χ0v) is 12.2. The van der Waals surface area contributed by atoms with Crippen molar-refractivity contribution in [2.24, 2.45) is 17.8 Å². The maximum absolute atomic E-state index is 6.18. The summed E-state index contributed by atoms with van der Waals surface area (Å²) in [6.07, 6.45) is 1.21. The van der Waals surface area contributed by atoms with Gasteiger partial charge in [0, 0.05) is 11.4 Å². The molecule has 0 aromatic rings. The Balaban J connectivity index is 4.46. The lowest BCUT2D eigenvalue weighted by molar-refractivity contribution is 0.141. The molecule has 1 nitrogen and oxygen atoms in total. The highest BCUT2D eigenvalue weighted by Crippen LogP contribution is 2.30. The topological polar surface area (TPSA) is 3.24 Å². The quantitative estimate of drug-likeness (QED) is 0.630. The molecule has 0 aliphatic carbocycles. The van der Waals surface area contributed by atoms with Crippen LogP contribution in [-0.4, -0.2) is 30.4 Å². The Morgan fingerprint density at radius 3 is 1.67 bits per heavy atom. The normalized spacial score (nSPS) is 22.2. The summed E-state index contributed by atoms with van der Waals surface area (Å²) in [6, 6.07) is 0.665. The van der Waals surface area contributed by atoms with Gasteiger partial charge in [-0.25, -0.2) is 0 Å². The van der Waals surface area contributed by atoms with Crippen molar-refractivity contribution in [3.05, 3.63) is 0 Å². The summed E-state index contributed by atoms with van der Waals surface area (Å²) in [5, 5.41) is 0.266. The Labute approximate surface area is 101 Å². The molecule has 0 aliphatic heterocycles. The van der Waals surface area contributed by atoms with Crippen LogP contribution in [0.5, 0.6) is 0 Å². The van der Waals surface area contributed by atoms with Crippen molar-refractivity contribution < 1.29 is 0 Å². The standard InChI is InChI=1S/C13H28ClN/c1-8-13(15(6)7)11(4)9(2)10(3)12(5)14/h9-13H,8H2,1-7H3. The number of alkyl halides is 1. The first kappa shape index (κ1) is 15.2. The van der Waals surface area contributed by atoms with Crippen molar-refractivity contribution in [1.29, 1.82) is 0 Å². The molecule has 0 N–H and O–H groups in total. The minimum absolute atomic E-state index is 0.266. The number of hydrogen-bond acceptors (Lipinski definition) is 1. The highest BCUT2D eigenvalue weighted by molar-refractivity contribution is 6.20. The van der Waals surface area contributed by atoms with E-state index < -0.39 is 0 Å². The lowest BCUT2D eigenvalue weighted by Gasteiger charge is -2.36. The molecule has 0 bridgehead atoms. The van der Waals surface area contributed by atoms with Gasteiger partial charge < -0.3 is 4.90 Å². The third-order valence-electron chi connectivity index (χ3n) is 4.07. The monoisotopic (exact) mass is 233 g/mol. The van der Waals surface area contributed by atoms with E-state index in [9.17, 15) is 0 Å². The molecule has 92 valence electrons. The van der Waals surface area contributed by atoms with E-state index >= 15 is 0 Å². The van der Waals surface area contributed by atoms with Gasteiger partial charge in [0.15, 0.2) is 0 Å². The Morgan fingerprint density at radius 1 is 0.933 bits per heavy atom. The SMILES string of the molecule is CCC(C(C)C(C)C(C)C(C)Cl)N(C)C. The highest BCUT2D eigenvalue weighted by atomic mass is 35.5. The minimum atomic E-state index is 0.266. The largest absolute Gasteiger partial charge is 0.306 e. The van der Waals surface area contributed by atoms with Crippen LogP contribution < -0.4 is 0 Å². The summed E-state index contributed by atoms with van der Waals surface area (Å²) in [5.74, 6) is 1.95. The van der Waals surface area contributed by atoms with Crippen LogP contribution in [0.25, 0.3) is 0 Å². The van der Waals surface area contributed by atoms with Crippen molar-refractivity contribution in [1.82, 2.24) is 4.90 Å². The van der Waals surface area contributed by atoms with Crippen LogP contribution >= 0.6 is 11.6 Å². The number of rotatable bonds is 6. The minimum Gasteiger partial charge on any atom is -0.306 e. The van der Waals surface area contributed by atoms with Crippen LogP contribution in [0.15, 0.2) is 0 Å². The molecule has 0 rings (SSSR count). The van der Waals surface area contributed by atoms with Gasteiger partial charge in [-0.2, -0.15) is 0 Å². The zero-order valence-electron chi connectivity index (χ0n) is 11.4. The molecule has 0 spiro atoms. The van der Waals surface area contributed by atoms with Gasteiger partial charge in [0.25, 0.3) is 0 Å². The van der Waals surface area contributed by atoms with Gasteiger partial charge in [-0.3, -0.25) is 0 Å². The molecule has 5 unspecified atom stereocenters. The van der Waals surface area contributed by atoms with Crippen molar-refractivity contribution in [2.75, 3.05) is 14.1 Å². The first-order chi connectivity index (χ1) is 6.82. The van der Waals surface area contributed by atoms with Crippen molar-refractivity contribution in [3.8, 4) is 0 Å². The number of nitrogens with zero attached hydrogens (tertiary/aromatic N) is 1. The maximum atomic E-state index is 6.18. The third kappa shape index (κ3) is 4.32. The third-order valence-corrected chi connectivity index (χ3v) is 4.47. The second-order valence-corrected chi connectivity index (χ2v) is 5.88. The van der Waals surface area contributed by atoms with Crippen LogP contribution in [0.3, 0.4) is 0 Å². The second-order valence-electron chi connectivity index (χ2n) is 5.19. The van der Waals surface area contributed by atoms with Gasteiger partial charge in [-0.05, 0) is 45.2 Å². The number of hydrogen-bond donors (Lipinski definition) is 0.